The summed E-state index contributed by atoms with van der Waals surface area (Å²) in [5.41, 5.74) is 0. The molecular weight excluding hydrogens is 242 g/mol. The summed E-state index contributed by atoms with van der Waals surface area (Å²) in [6.07, 6.45) is 10.3. The summed E-state index contributed by atoms with van der Waals surface area (Å²) in [5.74, 6) is 2.01. The minimum atomic E-state index is 0.626. The monoisotopic (exact) mass is 269 g/mol. The summed E-state index contributed by atoms with van der Waals surface area (Å²) >= 11 is 2.01. The van der Waals surface area contributed by atoms with E-state index in [2.05, 4.69) is 23.8 Å². The van der Waals surface area contributed by atoms with Crippen molar-refractivity contribution < 1.29 is 0 Å². The lowest BCUT2D eigenvalue weighted by molar-refractivity contribution is 0.612. The van der Waals surface area contributed by atoms with Crippen LogP contribution >= 0.6 is 11.8 Å². The molecule has 2 fully saturated rings. The quantitative estimate of drug-likeness (QED) is 0.575. The van der Waals surface area contributed by atoms with Crippen molar-refractivity contribution in [2.75, 3.05) is 19.3 Å². The third-order valence-electron chi connectivity index (χ3n) is 3.91. The highest BCUT2D eigenvalue weighted by molar-refractivity contribution is 7.99. The standard InChI is InChI=1S/C14H27N3S/c1-3-15-14(16-9-8-11-4-5-11)17-12-6-7-13(10-12)18-2/h11-13H,3-10H2,1-2H3,(H2,15,16,17). The van der Waals surface area contributed by atoms with Gasteiger partial charge in [-0.3, -0.25) is 4.99 Å². The largest absolute Gasteiger partial charge is 0.357 e. The molecule has 0 saturated heterocycles. The summed E-state index contributed by atoms with van der Waals surface area (Å²) in [5, 5.41) is 7.81. The zero-order valence-electron chi connectivity index (χ0n) is 11.7. The normalized spacial score (nSPS) is 28.4. The molecule has 0 aromatic rings. The highest BCUT2D eigenvalue weighted by Crippen LogP contribution is 2.32. The van der Waals surface area contributed by atoms with Gasteiger partial charge in [-0.25, -0.2) is 0 Å². The first-order valence-electron chi connectivity index (χ1n) is 7.39. The maximum atomic E-state index is 4.70. The fraction of sp³-hybridized carbons (Fsp3) is 0.929. The zero-order chi connectivity index (χ0) is 12.8. The van der Waals surface area contributed by atoms with Crippen molar-refractivity contribution in [2.24, 2.45) is 10.9 Å². The first kappa shape index (κ1) is 14.0. The van der Waals surface area contributed by atoms with Crippen molar-refractivity contribution in [3.8, 4) is 0 Å². The molecule has 0 aliphatic heterocycles. The molecular formula is C14H27N3S. The number of nitrogens with one attached hydrogen (secondary N) is 2. The molecule has 2 unspecified atom stereocenters. The Morgan fingerprint density at radius 3 is 2.72 bits per heavy atom. The molecule has 3 nitrogen and oxygen atoms in total. The molecule has 104 valence electrons. The smallest absolute Gasteiger partial charge is 0.191 e. The van der Waals surface area contributed by atoms with Gasteiger partial charge >= 0.3 is 0 Å². The van der Waals surface area contributed by atoms with Gasteiger partial charge in [-0.05, 0) is 44.8 Å². The van der Waals surface area contributed by atoms with Crippen LogP contribution in [0.4, 0.5) is 0 Å². The van der Waals surface area contributed by atoms with E-state index in [-0.39, 0.29) is 0 Å². The minimum absolute atomic E-state index is 0.626. The van der Waals surface area contributed by atoms with Gasteiger partial charge in [0, 0.05) is 24.4 Å². The van der Waals surface area contributed by atoms with Gasteiger partial charge in [0.15, 0.2) is 5.96 Å². The lowest BCUT2D eigenvalue weighted by Crippen LogP contribution is -2.42. The van der Waals surface area contributed by atoms with Crippen LogP contribution in [0.2, 0.25) is 0 Å². The van der Waals surface area contributed by atoms with E-state index in [9.17, 15) is 0 Å². The SMILES string of the molecule is CCNC(=NCCC1CC1)NC1CCC(SC)C1. The van der Waals surface area contributed by atoms with Crippen molar-refractivity contribution in [3.05, 3.63) is 0 Å². The number of guanidine groups is 1. The van der Waals surface area contributed by atoms with Gasteiger partial charge in [-0.1, -0.05) is 12.8 Å². The molecule has 0 aromatic carbocycles. The van der Waals surface area contributed by atoms with Gasteiger partial charge < -0.3 is 10.6 Å². The van der Waals surface area contributed by atoms with Crippen molar-refractivity contribution in [1.82, 2.24) is 10.6 Å². The van der Waals surface area contributed by atoms with Crippen LogP contribution in [-0.4, -0.2) is 36.6 Å². The average molecular weight is 269 g/mol. The Labute approximate surface area is 116 Å². The summed E-state index contributed by atoms with van der Waals surface area (Å²) in [6.45, 7) is 4.07. The zero-order valence-corrected chi connectivity index (χ0v) is 12.6. The number of aliphatic imine (C=N–C) groups is 1. The molecule has 2 saturated carbocycles. The molecule has 0 bridgehead atoms. The molecule has 0 amide bonds. The summed E-state index contributed by atoms with van der Waals surface area (Å²) in [6, 6.07) is 0.626. The molecule has 0 heterocycles. The van der Waals surface area contributed by atoms with E-state index in [4.69, 9.17) is 4.99 Å². The summed E-state index contributed by atoms with van der Waals surface area (Å²) in [7, 11) is 0. The Morgan fingerprint density at radius 1 is 1.28 bits per heavy atom. The van der Waals surface area contributed by atoms with Gasteiger partial charge in [0.25, 0.3) is 0 Å². The first-order valence-corrected chi connectivity index (χ1v) is 8.68. The van der Waals surface area contributed by atoms with Gasteiger partial charge in [-0.15, -0.1) is 0 Å². The predicted molar refractivity (Wildman–Crippen MR) is 81.4 cm³/mol. The topological polar surface area (TPSA) is 36.4 Å². The van der Waals surface area contributed by atoms with Crippen molar-refractivity contribution >= 4 is 17.7 Å². The second kappa shape index (κ2) is 7.27. The van der Waals surface area contributed by atoms with Gasteiger partial charge in [0.2, 0.25) is 0 Å². The Hall–Kier alpha value is -0.380. The number of hydrogen-bond acceptors (Lipinski definition) is 2. The van der Waals surface area contributed by atoms with Gasteiger partial charge in [-0.2, -0.15) is 11.8 Å². The maximum absolute atomic E-state index is 4.70. The van der Waals surface area contributed by atoms with Crippen molar-refractivity contribution in [1.29, 1.82) is 0 Å². The lowest BCUT2D eigenvalue weighted by Gasteiger charge is -2.17. The second-order valence-electron chi connectivity index (χ2n) is 5.50. The molecule has 2 aliphatic carbocycles. The van der Waals surface area contributed by atoms with Crippen LogP contribution in [0.15, 0.2) is 4.99 Å². The molecule has 0 radical (unpaired) electrons. The average Bonchev–Trinajstić information content (AvgIpc) is 3.08. The number of hydrogen-bond donors (Lipinski definition) is 2. The van der Waals surface area contributed by atoms with E-state index < -0.39 is 0 Å². The van der Waals surface area contributed by atoms with E-state index in [1.54, 1.807) is 0 Å². The Morgan fingerprint density at radius 2 is 2.11 bits per heavy atom. The first-order chi connectivity index (χ1) is 8.81. The lowest BCUT2D eigenvalue weighted by atomic mass is 10.2. The van der Waals surface area contributed by atoms with E-state index in [0.29, 0.717) is 6.04 Å². The third-order valence-corrected chi connectivity index (χ3v) is 5.00. The van der Waals surface area contributed by atoms with E-state index in [1.807, 2.05) is 11.8 Å². The summed E-state index contributed by atoms with van der Waals surface area (Å²) in [4.78, 5) is 4.70. The molecule has 4 heteroatoms. The van der Waals surface area contributed by atoms with Crippen LogP contribution < -0.4 is 10.6 Å². The van der Waals surface area contributed by atoms with Crippen LogP contribution in [0, 0.1) is 5.92 Å². The van der Waals surface area contributed by atoms with Crippen molar-refractivity contribution in [2.45, 2.75) is 56.7 Å². The fourth-order valence-corrected chi connectivity index (χ4v) is 3.36. The fourth-order valence-electron chi connectivity index (χ4n) is 2.56. The minimum Gasteiger partial charge on any atom is -0.357 e. The van der Waals surface area contributed by atoms with Crippen molar-refractivity contribution in [3.63, 3.8) is 0 Å². The van der Waals surface area contributed by atoms with Crippen LogP contribution in [0.3, 0.4) is 0 Å². The van der Waals surface area contributed by atoms with E-state index in [0.717, 1.165) is 30.2 Å². The summed E-state index contributed by atoms with van der Waals surface area (Å²) < 4.78 is 0. The maximum Gasteiger partial charge on any atom is 0.191 e. The highest BCUT2D eigenvalue weighted by Gasteiger charge is 2.24. The van der Waals surface area contributed by atoms with Gasteiger partial charge in [0.1, 0.15) is 0 Å². The molecule has 2 N–H and O–H groups in total. The van der Waals surface area contributed by atoms with E-state index in [1.165, 1.54) is 38.5 Å². The number of nitrogens with zero attached hydrogens (tertiary/aromatic N) is 1. The number of thioether (sulfide) groups is 1. The highest BCUT2D eigenvalue weighted by atomic mass is 32.2. The van der Waals surface area contributed by atoms with Crippen LogP contribution in [0.5, 0.6) is 0 Å². The second-order valence-corrected chi connectivity index (χ2v) is 6.64. The van der Waals surface area contributed by atoms with E-state index >= 15 is 0 Å². The Kier molecular flexibility index (Phi) is 5.67. The van der Waals surface area contributed by atoms with Crippen LogP contribution in [-0.2, 0) is 0 Å². The molecule has 2 aliphatic rings. The molecule has 0 spiro atoms. The van der Waals surface area contributed by atoms with Crippen LogP contribution in [0.25, 0.3) is 0 Å². The molecule has 2 atom stereocenters. The Bertz CT molecular complexity index is 276. The third kappa shape index (κ3) is 4.71. The predicted octanol–water partition coefficient (Wildman–Crippen LogP) is 2.63. The molecule has 2 rings (SSSR count). The Balaban J connectivity index is 1.73. The molecule has 18 heavy (non-hydrogen) atoms. The van der Waals surface area contributed by atoms with Gasteiger partial charge in [0.05, 0.1) is 0 Å². The number of rotatable bonds is 6. The molecule has 0 aromatic heterocycles. The van der Waals surface area contributed by atoms with Crippen LogP contribution in [0.1, 0.15) is 45.4 Å².